The number of amides is 1. The van der Waals surface area contributed by atoms with Crippen LogP contribution in [0.15, 0.2) is 48.5 Å². The maximum atomic E-state index is 13.6. The lowest BCUT2D eigenvalue weighted by Gasteiger charge is -2.19. The Balaban J connectivity index is 1.49. The largest absolute Gasteiger partial charge is 0.495 e. The van der Waals surface area contributed by atoms with E-state index in [1.165, 1.54) is 38.5 Å². The fraction of sp³-hybridized carbons (Fsp3) is 0.259. The molecule has 0 unspecified atom stereocenters. The highest BCUT2D eigenvalue weighted by Crippen LogP contribution is 2.33. The van der Waals surface area contributed by atoms with Crippen molar-refractivity contribution in [1.29, 1.82) is 0 Å². The topological polar surface area (TPSA) is 85.8 Å². The van der Waals surface area contributed by atoms with Crippen LogP contribution in [0.1, 0.15) is 46.5 Å². The molecule has 1 aliphatic rings. The predicted molar refractivity (Wildman–Crippen MR) is 134 cm³/mol. The van der Waals surface area contributed by atoms with Crippen molar-refractivity contribution < 1.29 is 28.2 Å². The third kappa shape index (κ3) is 5.23. The van der Waals surface area contributed by atoms with E-state index in [0.29, 0.717) is 47.0 Å². The van der Waals surface area contributed by atoms with Gasteiger partial charge in [-0.2, -0.15) is 0 Å². The van der Waals surface area contributed by atoms with Crippen LogP contribution >= 0.6 is 11.6 Å². The zero-order valence-electron chi connectivity index (χ0n) is 19.8. The quantitative estimate of drug-likeness (QED) is 0.352. The Labute approximate surface area is 212 Å². The molecule has 0 spiro atoms. The number of ether oxygens (including phenoxy) is 2. The highest BCUT2D eigenvalue weighted by molar-refractivity contribution is 6.31. The average Bonchev–Trinajstić information content (AvgIpc) is 3.33. The number of pyridine rings is 1. The summed E-state index contributed by atoms with van der Waals surface area (Å²) < 4.78 is 24.3. The van der Waals surface area contributed by atoms with E-state index in [1.54, 1.807) is 29.2 Å². The molecule has 1 aliphatic heterocycles. The normalized spacial score (nSPS) is 13.1. The number of rotatable bonds is 9. The number of anilines is 1. The zero-order valence-corrected chi connectivity index (χ0v) is 20.6. The third-order valence-electron chi connectivity index (χ3n) is 6.00. The predicted octanol–water partition coefficient (Wildman–Crippen LogP) is 5.53. The number of halogens is 2. The van der Waals surface area contributed by atoms with E-state index in [4.69, 9.17) is 21.1 Å². The van der Waals surface area contributed by atoms with Gasteiger partial charge in [0.05, 0.1) is 24.9 Å². The number of carbonyl (C=O) groups is 3. The lowest BCUT2D eigenvalue weighted by Crippen LogP contribution is -2.24. The molecule has 1 saturated heterocycles. The van der Waals surface area contributed by atoms with Gasteiger partial charge in [0.25, 0.3) is 0 Å². The van der Waals surface area contributed by atoms with Crippen molar-refractivity contribution in [3.63, 3.8) is 0 Å². The summed E-state index contributed by atoms with van der Waals surface area (Å²) in [6, 6.07) is 12.2. The molecule has 3 aromatic rings. The lowest BCUT2D eigenvalue weighted by molar-refractivity contribution is -0.117. The van der Waals surface area contributed by atoms with Crippen LogP contribution in [0.2, 0.25) is 5.02 Å². The number of hydrogen-bond acceptors (Lipinski definition) is 6. The van der Waals surface area contributed by atoms with Gasteiger partial charge in [-0.15, -0.1) is 0 Å². The van der Waals surface area contributed by atoms with Gasteiger partial charge < -0.3 is 14.4 Å². The summed E-state index contributed by atoms with van der Waals surface area (Å²) in [5.74, 6) is -0.281. The van der Waals surface area contributed by atoms with E-state index in [-0.39, 0.29) is 41.0 Å². The number of carbonyl (C=O) groups excluding carboxylic acids is 3. The summed E-state index contributed by atoms with van der Waals surface area (Å²) in [6.07, 6.45) is 1.17. The van der Waals surface area contributed by atoms with Crippen molar-refractivity contribution in [2.24, 2.45) is 0 Å². The minimum atomic E-state index is -0.568. The van der Waals surface area contributed by atoms with Crippen LogP contribution in [0, 0.1) is 5.82 Å². The molecule has 2 heterocycles. The number of aromatic nitrogens is 1. The van der Waals surface area contributed by atoms with E-state index >= 15 is 0 Å². The second kappa shape index (κ2) is 10.9. The minimum absolute atomic E-state index is 0.0206. The molecule has 36 heavy (non-hydrogen) atoms. The van der Waals surface area contributed by atoms with E-state index in [2.05, 4.69) is 4.98 Å². The van der Waals surface area contributed by atoms with E-state index in [0.717, 1.165) is 6.42 Å². The van der Waals surface area contributed by atoms with Gasteiger partial charge in [0.15, 0.2) is 11.6 Å². The highest BCUT2D eigenvalue weighted by Gasteiger charge is 2.25. The van der Waals surface area contributed by atoms with Crippen molar-refractivity contribution in [3.05, 3.63) is 70.6 Å². The first kappa shape index (κ1) is 25.3. The summed E-state index contributed by atoms with van der Waals surface area (Å²) in [7, 11) is 2.95. The zero-order chi connectivity index (χ0) is 25.8. The van der Waals surface area contributed by atoms with Crippen molar-refractivity contribution in [2.45, 2.75) is 25.7 Å². The average molecular weight is 511 g/mol. The van der Waals surface area contributed by atoms with Crippen LogP contribution in [0.4, 0.5) is 10.1 Å². The number of methoxy groups -OCH3 is 2. The first-order valence-electron chi connectivity index (χ1n) is 11.4. The highest BCUT2D eigenvalue weighted by atomic mass is 35.5. The maximum absolute atomic E-state index is 13.6. The SMILES string of the molecule is COc1cc(C(=O)CCC(=O)c2ccc(OC)c(-c3ccc(F)c(Cl)c3)n2)ccc1N1CCCC1=O. The molecule has 1 aromatic heterocycles. The van der Waals surface area contributed by atoms with Crippen molar-refractivity contribution in [3.8, 4) is 22.8 Å². The molecule has 186 valence electrons. The molecule has 7 nitrogen and oxygen atoms in total. The molecular formula is C27H24ClFN2O5. The lowest BCUT2D eigenvalue weighted by atomic mass is 10.0. The number of nitrogens with zero attached hydrogens (tertiary/aromatic N) is 2. The molecule has 1 amide bonds. The van der Waals surface area contributed by atoms with Crippen molar-refractivity contribution >= 4 is 34.8 Å². The third-order valence-corrected chi connectivity index (χ3v) is 6.29. The fourth-order valence-corrected chi connectivity index (χ4v) is 4.27. The Hall–Kier alpha value is -3.78. The maximum Gasteiger partial charge on any atom is 0.227 e. The second-order valence-electron chi connectivity index (χ2n) is 8.26. The molecule has 4 rings (SSSR count). The molecule has 2 aromatic carbocycles. The number of Topliss-reactive ketones (excluding diaryl/α,β-unsaturated/α-hetero) is 2. The Morgan fingerprint density at radius 1 is 1.00 bits per heavy atom. The molecular weight excluding hydrogens is 487 g/mol. The first-order valence-corrected chi connectivity index (χ1v) is 11.8. The smallest absolute Gasteiger partial charge is 0.227 e. The fourth-order valence-electron chi connectivity index (χ4n) is 4.09. The van der Waals surface area contributed by atoms with Crippen molar-refractivity contribution in [1.82, 2.24) is 4.98 Å². The van der Waals surface area contributed by atoms with Gasteiger partial charge in [0, 0.05) is 36.9 Å². The van der Waals surface area contributed by atoms with Gasteiger partial charge in [-0.3, -0.25) is 14.4 Å². The van der Waals surface area contributed by atoms with Crippen LogP contribution in [-0.2, 0) is 4.79 Å². The van der Waals surface area contributed by atoms with Crippen molar-refractivity contribution in [2.75, 3.05) is 25.7 Å². The summed E-state index contributed by atoms with van der Waals surface area (Å²) in [5, 5.41) is -0.0748. The van der Waals surface area contributed by atoms with Gasteiger partial charge in [-0.25, -0.2) is 9.37 Å². The summed E-state index contributed by atoms with van der Waals surface area (Å²) >= 11 is 5.90. The molecule has 0 bridgehead atoms. The summed E-state index contributed by atoms with van der Waals surface area (Å²) in [4.78, 5) is 43.8. The summed E-state index contributed by atoms with van der Waals surface area (Å²) in [5.41, 5.74) is 2.00. The molecule has 0 atom stereocenters. The van der Waals surface area contributed by atoms with Crippen LogP contribution in [0.25, 0.3) is 11.3 Å². The Morgan fingerprint density at radius 3 is 2.42 bits per heavy atom. The van der Waals surface area contributed by atoms with Crippen LogP contribution < -0.4 is 14.4 Å². The molecule has 0 radical (unpaired) electrons. The Kier molecular flexibility index (Phi) is 7.64. The second-order valence-corrected chi connectivity index (χ2v) is 8.67. The molecule has 9 heteroatoms. The van der Waals surface area contributed by atoms with Crippen LogP contribution in [0.3, 0.4) is 0 Å². The van der Waals surface area contributed by atoms with Crippen LogP contribution in [-0.4, -0.2) is 43.2 Å². The Bertz CT molecular complexity index is 1340. The minimum Gasteiger partial charge on any atom is -0.495 e. The number of ketones is 2. The number of hydrogen-bond donors (Lipinski definition) is 0. The standard InChI is InChI=1S/C27H24ClFN2O5/c1-35-24-12-8-20(30-27(24)17-5-7-19(29)18(28)14-17)23(33)11-10-22(32)16-6-9-21(25(15-16)36-2)31-13-3-4-26(31)34/h5-9,12,14-15H,3-4,10-11,13H2,1-2H3. The van der Waals surface area contributed by atoms with Gasteiger partial charge in [-0.05, 0) is 55.0 Å². The van der Waals surface area contributed by atoms with E-state index < -0.39 is 5.82 Å². The Morgan fingerprint density at radius 2 is 1.75 bits per heavy atom. The van der Waals surface area contributed by atoms with Crippen LogP contribution in [0.5, 0.6) is 11.5 Å². The number of benzene rings is 2. The molecule has 1 fully saturated rings. The monoisotopic (exact) mass is 510 g/mol. The summed E-state index contributed by atoms with van der Waals surface area (Å²) in [6.45, 7) is 0.609. The first-order chi connectivity index (χ1) is 17.3. The van der Waals surface area contributed by atoms with Gasteiger partial charge in [0.1, 0.15) is 28.7 Å². The van der Waals surface area contributed by atoms with E-state index in [9.17, 15) is 18.8 Å². The molecule has 0 N–H and O–H groups in total. The molecule has 0 aliphatic carbocycles. The van der Waals surface area contributed by atoms with Gasteiger partial charge in [0.2, 0.25) is 5.91 Å². The van der Waals surface area contributed by atoms with Gasteiger partial charge >= 0.3 is 0 Å². The van der Waals surface area contributed by atoms with E-state index in [1.807, 2.05) is 0 Å². The molecule has 0 saturated carbocycles. The van der Waals surface area contributed by atoms with Gasteiger partial charge in [-0.1, -0.05) is 11.6 Å².